The summed E-state index contributed by atoms with van der Waals surface area (Å²) < 4.78 is 40.6. The van der Waals surface area contributed by atoms with E-state index in [-0.39, 0.29) is 29.7 Å². The quantitative estimate of drug-likeness (QED) is 0.707. The number of sulfonamides is 1. The van der Waals surface area contributed by atoms with Crippen molar-refractivity contribution in [2.24, 2.45) is 0 Å². The van der Waals surface area contributed by atoms with Crippen LogP contribution in [0.5, 0.6) is 0 Å². The molecule has 160 valence electrons. The van der Waals surface area contributed by atoms with Crippen LogP contribution in [0.4, 0.5) is 10.1 Å². The lowest BCUT2D eigenvalue weighted by molar-refractivity contribution is -0.114. The first-order valence-electron chi connectivity index (χ1n) is 9.61. The molecule has 1 fully saturated rings. The first-order valence-corrected chi connectivity index (χ1v) is 11.0. The van der Waals surface area contributed by atoms with E-state index in [9.17, 15) is 22.4 Å². The van der Waals surface area contributed by atoms with Crippen molar-refractivity contribution in [3.05, 3.63) is 59.9 Å². The van der Waals surface area contributed by atoms with E-state index in [4.69, 9.17) is 0 Å². The van der Waals surface area contributed by atoms with E-state index in [1.54, 1.807) is 31.2 Å². The van der Waals surface area contributed by atoms with E-state index in [0.29, 0.717) is 24.3 Å². The second-order valence-corrected chi connectivity index (χ2v) is 9.08. The van der Waals surface area contributed by atoms with Gasteiger partial charge in [0.2, 0.25) is 15.9 Å². The van der Waals surface area contributed by atoms with Crippen LogP contribution in [0, 0.1) is 5.82 Å². The fourth-order valence-electron chi connectivity index (χ4n) is 3.45. The van der Waals surface area contributed by atoms with Crippen molar-refractivity contribution in [2.75, 3.05) is 31.5 Å². The number of halogens is 1. The molecule has 1 amide bonds. The molecule has 1 atom stereocenters. The fraction of sp³-hybridized carbons (Fsp3) is 0.333. The summed E-state index contributed by atoms with van der Waals surface area (Å²) in [5, 5.41) is 2.65. The topological polar surface area (TPSA) is 86.8 Å². The summed E-state index contributed by atoms with van der Waals surface area (Å²) in [5.74, 6) is -1.05. The molecule has 1 aliphatic heterocycles. The van der Waals surface area contributed by atoms with Gasteiger partial charge in [-0.2, -0.15) is 4.31 Å². The molecule has 0 aliphatic carbocycles. The van der Waals surface area contributed by atoms with Gasteiger partial charge in [0.15, 0.2) is 5.78 Å². The van der Waals surface area contributed by atoms with Crippen molar-refractivity contribution in [3.63, 3.8) is 0 Å². The molecule has 9 heteroatoms. The van der Waals surface area contributed by atoms with Crippen molar-refractivity contribution in [1.82, 2.24) is 9.21 Å². The molecular formula is C21H24FN3O4S. The normalized spacial score (nSPS) is 16.8. The van der Waals surface area contributed by atoms with E-state index in [1.807, 2.05) is 4.90 Å². The van der Waals surface area contributed by atoms with E-state index >= 15 is 0 Å². The van der Waals surface area contributed by atoms with Crippen LogP contribution in [0.25, 0.3) is 0 Å². The smallest absolute Gasteiger partial charge is 0.246 e. The molecule has 0 spiro atoms. The van der Waals surface area contributed by atoms with Crippen molar-refractivity contribution in [2.45, 2.75) is 24.8 Å². The molecule has 0 saturated carbocycles. The van der Waals surface area contributed by atoms with Gasteiger partial charge in [-0.25, -0.2) is 12.8 Å². The minimum atomic E-state index is -3.92. The molecule has 1 unspecified atom stereocenters. The monoisotopic (exact) mass is 433 g/mol. The highest BCUT2D eigenvalue weighted by atomic mass is 32.2. The molecular weight excluding hydrogens is 409 g/mol. The van der Waals surface area contributed by atoms with Gasteiger partial charge in [-0.1, -0.05) is 12.1 Å². The maximum absolute atomic E-state index is 14.0. The molecule has 2 aromatic carbocycles. The van der Waals surface area contributed by atoms with Gasteiger partial charge in [0.25, 0.3) is 0 Å². The summed E-state index contributed by atoms with van der Waals surface area (Å²) in [6, 6.07) is 11.5. The number of carbonyl (C=O) groups excluding carboxylic acids is 2. The van der Waals surface area contributed by atoms with Crippen LogP contribution in [0.15, 0.2) is 53.4 Å². The van der Waals surface area contributed by atoms with E-state index in [1.165, 1.54) is 29.4 Å². The standard InChI is InChI=1S/C21H24FN3O4S/c1-15(21(27)17-7-9-18(10-8-17)23-16(2)26)24-11-13-25(14-12-24)30(28,29)20-6-4-3-5-19(20)22/h3-10,15H,11-14H2,1-2H3,(H,23,26). The summed E-state index contributed by atoms with van der Waals surface area (Å²) in [4.78, 5) is 25.5. The van der Waals surface area contributed by atoms with E-state index in [0.717, 1.165) is 6.07 Å². The Morgan fingerprint density at radius 1 is 1.00 bits per heavy atom. The summed E-state index contributed by atoms with van der Waals surface area (Å²) in [6.07, 6.45) is 0. The molecule has 1 saturated heterocycles. The predicted molar refractivity (Wildman–Crippen MR) is 111 cm³/mol. The molecule has 0 bridgehead atoms. The zero-order chi connectivity index (χ0) is 21.9. The molecule has 7 nitrogen and oxygen atoms in total. The van der Waals surface area contributed by atoms with Crippen LogP contribution in [-0.4, -0.2) is 61.5 Å². The zero-order valence-corrected chi connectivity index (χ0v) is 17.7. The van der Waals surface area contributed by atoms with Crippen LogP contribution < -0.4 is 5.32 Å². The largest absolute Gasteiger partial charge is 0.326 e. The van der Waals surface area contributed by atoms with Crippen LogP contribution in [0.3, 0.4) is 0 Å². The van der Waals surface area contributed by atoms with Gasteiger partial charge in [0.1, 0.15) is 10.7 Å². The van der Waals surface area contributed by atoms with Crippen LogP contribution in [0.1, 0.15) is 24.2 Å². The Morgan fingerprint density at radius 2 is 1.60 bits per heavy atom. The van der Waals surface area contributed by atoms with Crippen LogP contribution in [0.2, 0.25) is 0 Å². The lowest BCUT2D eigenvalue weighted by Crippen LogP contribution is -2.53. The number of ketones is 1. The number of nitrogens with one attached hydrogen (secondary N) is 1. The molecule has 1 N–H and O–H groups in total. The summed E-state index contributed by atoms with van der Waals surface area (Å²) in [5.41, 5.74) is 1.12. The number of rotatable bonds is 6. The van der Waals surface area contributed by atoms with Crippen molar-refractivity contribution < 1.29 is 22.4 Å². The third-order valence-corrected chi connectivity index (χ3v) is 7.08. The Balaban J connectivity index is 1.63. The molecule has 3 rings (SSSR count). The van der Waals surface area contributed by atoms with Gasteiger partial charge in [-0.3, -0.25) is 14.5 Å². The molecule has 1 heterocycles. The Labute approximate surface area is 175 Å². The minimum absolute atomic E-state index is 0.0882. The van der Waals surface area contributed by atoms with Gasteiger partial charge < -0.3 is 5.32 Å². The van der Waals surface area contributed by atoms with Crippen molar-refractivity contribution in [3.8, 4) is 0 Å². The second-order valence-electron chi connectivity index (χ2n) is 7.17. The number of hydrogen-bond acceptors (Lipinski definition) is 5. The highest BCUT2D eigenvalue weighted by Crippen LogP contribution is 2.22. The van der Waals surface area contributed by atoms with Crippen molar-refractivity contribution >= 4 is 27.4 Å². The predicted octanol–water partition coefficient (Wildman–Crippen LogP) is 2.36. The lowest BCUT2D eigenvalue weighted by atomic mass is 10.0. The van der Waals surface area contributed by atoms with E-state index in [2.05, 4.69) is 5.32 Å². The SMILES string of the molecule is CC(=O)Nc1ccc(C(=O)C(C)N2CCN(S(=O)(=O)c3ccccc3F)CC2)cc1. The average Bonchev–Trinajstić information content (AvgIpc) is 2.73. The fourth-order valence-corrected chi connectivity index (χ4v) is 4.94. The maximum Gasteiger partial charge on any atom is 0.246 e. The summed E-state index contributed by atoms with van der Waals surface area (Å²) in [6.45, 7) is 4.28. The number of benzene rings is 2. The van der Waals surface area contributed by atoms with Crippen LogP contribution >= 0.6 is 0 Å². The highest BCUT2D eigenvalue weighted by Gasteiger charge is 2.33. The molecule has 0 radical (unpaired) electrons. The Kier molecular flexibility index (Phi) is 6.64. The number of nitrogens with zero attached hydrogens (tertiary/aromatic N) is 2. The lowest BCUT2D eigenvalue weighted by Gasteiger charge is -2.36. The van der Waals surface area contributed by atoms with Gasteiger partial charge >= 0.3 is 0 Å². The first-order chi connectivity index (χ1) is 14.2. The van der Waals surface area contributed by atoms with Gasteiger partial charge in [0.05, 0.1) is 6.04 Å². The molecule has 0 aromatic heterocycles. The highest BCUT2D eigenvalue weighted by molar-refractivity contribution is 7.89. The molecule has 1 aliphatic rings. The van der Waals surface area contributed by atoms with Gasteiger partial charge in [-0.05, 0) is 43.3 Å². The third kappa shape index (κ3) is 4.75. The zero-order valence-electron chi connectivity index (χ0n) is 16.8. The number of Topliss-reactive ketones (excluding diaryl/α,β-unsaturated/α-hetero) is 1. The number of carbonyl (C=O) groups is 2. The summed E-state index contributed by atoms with van der Waals surface area (Å²) in [7, 11) is -3.92. The Morgan fingerprint density at radius 3 is 2.17 bits per heavy atom. The Hall–Kier alpha value is -2.62. The molecule has 30 heavy (non-hydrogen) atoms. The second kappa shape index (κ2) is 9.03. The number of piperazine rings is 1. The van der Waals surface area contributed by atoms with Gasteiger partial charge in [-0.15, -0.1) is 0 Å². The first kappa shape index (κ1) is 22.1. The number of hydrogen-bond donors (Lipinski definition) is 1. The van der Waals surface area contributed by atoms with Gasteiger partial charge in [0, 0.05) is 44.4 Å². The van der Waals surface area contributed by atoms with Crippen LogP contribution in [-0.2, 0) is 14.8 Å². The number of anilines is 1. The molecule has 2 aromatic rings. The maximum atomic E-state index is 14.0. The van der Waals surface area contributed by atoms with E-state index < -0.39 is 21.9 Å². The van der Waals surface area contributed by atoms with Crippen molar-refractivity contribution in [1.29, 1.82) is 0 Å². The average molecular weight is 434 g/mol. The number of amides is 1. The Bertz CT molecular complexity index is 1030. The third-order valence-electron chi connectivity index (χ3n) is 5.14. The summed E-state index contributed by atoms with van der Waals surface area (Å²) >= 11 is 0. The minimum Gasteiger partial charge on any atom is -0.326 e.